The minimum Gasteiger partial charge on any atom is -0.373 e. The molecule has 0 unspecified atom stereocenters. The molecule has 0 fully saturated rings. The van der Waals surface area contributed by atoms with Crippen LogP contribution in [-0.4, -0.2) is 28.8 Å². The summed E-state index contributed by atoms with van der Waals surface area (Å²) in [5.74, 6) is -1.35. The molecule has 0 heterocycles. The molecule has 2 nitrogen and oxygen atoms in total. The van der Waals surface area contributed by atoms with E-state index in [1.54, 1.807) is 6.07 Å². The maximum Gasteiger partial charge on any atom is 0.426 e. The summed E-state index contributed by atoms with van der Waals surface area (Å²) in [7, 11) is 0. The molecule has 0 saturated heterocycles. The lowest BCUT2D eigenvalue weighted by Gasteiger charge is -2.31. The second-order valence-corrected chi connectivity index (χ2v) is 4.23. The zero-order valence-corrected chi connectivity index (χ0v) is 9.92. The summed E-state index contributed by atoms with van der Waals surface area (Å²) >= 11 is 0. The lowest BCUT2D eigenvalue weighted by atomic mass is 9.93. The molecule has 1 aromatic carbocycles. The first-order valence-electron chi connectivity index (χ1n) is 5.39. The molecular weight excluding hydrogens is 290 g/mol. The quantitative estimate of drug-likeness (QED) is 0.868. The molecule has 1 N–H and O–H groups in total. The van der Waals surface area contributed by atoms with Crippen molar-refractivity contribution >= 4 is 5.78 Å². The molecule has 1 rings (SSSR count). The van der Waals surface area contributed by atoms with Crippen LogP contribution in [-0.2, 0) is 11.2 Å². The topological polar surface area (TPSA) is 37.3 Å². The fraction of sp³-hybridized carbons (Fsp3) is 0.417. The van der Waals surface area contributed by atoms with Gasteiger partial charge in [-0.05, 0) is 5.56 Å². The number of ketones is 1. The Kier molecular flexibility index (Phi) is 4.48. The van der Waals surface area contributed by atoms with E-state index in [-0.39, 0.29) is 5.56 Å². The molecule has 0 aromatic heterocycles. The third-order valence-electron chi connectivity index (χ3n) is 2.64. The standard InChI is InChI=1S/C12H10F6O2/c13-11(14,15)10(20,12(16,17)18)7-9(19)6-8-4-2-1-3-5-8/h1-5,20H,6-7H2. The van der Waals surface area contributed by atoms with Crippen LogP contribution in [0.4, 0.5) is 26.3 Å². The summed E-state index contributed by atoms with van der Waals surface area (Å²) in [5.41, 5.74) is -4.75. The van der Waals surface area contributed by atoms with Gasteiger partial charge in [-0.25, -0.2) is 0 Å². The monoisotopic (exact) mass is 300 g/mol. The SMILES string of the molecule is O=C(Cc1ccccc1)CC(O)(C(F)(F)F)C(F)(F)F. The molecular formula is C12H10F6O2. The molecule has 20 heavy (non-hydrogen) atoms. The number of carbonyl (C=O) groups is 1. The maximum absolute atomic E-state index is 12.4. The van der Waals surface area contributed by atoms with E-state index < -0.39 is 36.6 Å². The van der Waals surface area contributed by atoms with Crippen molar-refractivity contribution < 1.29 is 36.2 Å². The zero-order chi connectivity index (χ0) is 15.6. The van der Waals surface area contributed by atoms with Crippen LogP contribution in [0.2, 0.25) is 0 Å². The Balaban J connectivity index is 2.90. The Bertz CT molecular complexity index is 449. The molecule has 0 aliphatic heterocycles. The molecule has 0 radical (unpaired) electrons. The normalized spacial score (nSPS) is 13.3. The predicted molar refractivity (Wildman–Crippen MR) is 56.8 cm³/mol. The van der Waals surface area contributed by atoms with Gasteiger partial charge in [-0.3, -0.25) is 4.79 Å². The average molecular weight is 300 g/mol. The smallest absolute Gasteiger partial charge is 0.373 e. The second kappa shape index (κ2) is 5.43. The van der Waals surface area contributed by atoms with E-state index in [0.717, 1.165) is 0 Å². The van der Waals surface area contributed by atoms with E-state index in [4.69, 9.17) is 5.11 Å². The van der Waals surface area contributed by atoms with Gasteiger partial charge in [0.1, 0.15) is 5.78 Å². The molecule has 0 amide bonds. The van der Waals surface area contributed by atoms with Gasteiger partial charge in [-0.15, -0.1) is 0 Å². The number of halogens is 6. The Morgan fingerprint density at radius 1 is 0.950 bits per heavy atom. The number of hydrogen-bond acceptors (Lipinski definition) is 2. The summed E-state index contributed by atoms with van der Waals surface area (Å²) in [6.07, 6.45) is -14.6. The van der Waals surface area contributed by atoms with Crippen molar-refractivity contribution in [3.05, 3.63) is 35.9 Å². The van der Waals surface area contributed by atoms with E-state index in [0.29, 0.717) is 0 Å². The Hall–Kier alpha value is -1.57. The van der Waals surface area contributed by atoms with E-state index in [9.17, 15) is 31.1 Å². The van der Waals surface area contributed by atoms with Crippen LogP contribution in [0.5, 0.6) is 0 Å². The van der Waals surface area contributed by atoms with Gasteiger partial charge in [0.15, 0.2) is 0 Å². The summed E-state index contributed by atoms with van der Waals surface area (Å²) in [5, 5.41) is 8.86. The van der Waals surface area contributed by atoms with Gasteiger partial charge in [-0.2, -0.15) is 26.3 Å². The summed E-state index contributed by atoms with van der Waals surface area (Å²) in [6, 6.07) is 7.33. The third kappa shape index (κ3) is 3.50. The average Bonchev–Trinajstić information content (AvgIpc) is 2.26. The Labute approximate surface area is 110 Å². The molecule has 0 aliphatic carbocycles. The van der Waals surface area contributed by atoms with Crippen molar-refractivity contribution in [3.8, 4) is 0 Å². The lowest BCUT2D eigenvalue weighted by Crippen LogP contribution is -2.58. The molecule has 0 atom stereocenters. The number of carbonyl (C=O) groups excluding carboxylic acids is 1. The van der Waals surface area contributed by atoms with Crippen molar-refractivity contribution in [1.82, 2.24) is 0 Å². The molecule has 0 bridgehead atoms. The zero-order valence-electron chi connectivity index (χ0n) is 9.92. The van der Waals surface area contributed by atoms with Crippen molar-refractivity contribution in [2.75, 3.05) is 0 Å². The highest BCUT2D eigenvalue weighted by molar-refractivity contribution is 5.82. The first-order valence-corrected chi connectivity index (χ1v) is 5.39. The van der Waals surface area contributed by atoms with Crippen LogP contribution in [0.25, 0.3) is 0 Å². The van der Waals surface area contributed by atoms with Gasteiger partial charge in [0, 0.05) is 6.42 Å². The Morgan fingerprint density at radius 3 is 1.80 bits per heavy atom. The predicted octanol–water partition coefficient (Wildman–Crippen LogP) is 3.04. The minimum absolute atomic E-state index is 0.268. The minimum atomic E-state index is -5.97. The van der Waals surface area contributed by atoms with Gasteiger partial charge in [0.25, 0.3) is 5.60 Å². The van der Waals surface area contributed by atoms with Crippen molar-refractivity contribution in [2.24, 2.45) is 0 Å². The Morgan fingerprint density at radius 2 is 1.40 bits per heavy atom. The summed E-state index contributed by atoms with van der Waals surface area (Å²) in [6.45, 7) is 0. The number of Topliss-reactive ketones (excluding diaryl/α,β-unsaturated/α-hetero) is 1. The van der Waals surface area contributed by atoms with Crippen LogP contribution in [0, 0.1) is 0 Å². The number of rotatable bonds is 4. The molecule has 0 aliphatic rings. The summed E-state index contributed by atoms with van der Waals surface area (Å²) in [4.78, 5) is 11.4. The van der Waals surface area contributed by atoms with Gasteiger partial charge >= 0.3 is 12.4 Å². The van der Waals surface area contributed by atoms with E-state index >= 15 is 0 Å². The second-order valence-electron chi connectivity index (χ2n) is 4.23. The molecule has 0 saturated carbocycles. The van der Waals surface area contributed by atoms with Crippen LogP contribution >= 0.6 is 0 Å². The van der Waals surface area contributed by atoms with Crippen LogP contribution in [0.1, 0.15) is 12.0 Å². The largest absolute Gasteiger partial charge is 0.426 e. The first kappa shape index (κ1) is 16.5. The van der Waals surface area contributed by atoms with Crippen LogP contribution in [0.3, 0.4) is 0 Å². The van der Waals surface area contributed by atoms with Crippen molar-refractivity contribution in [2.45, 2.75) is 30.8 Å². The van der Waals surface area contributed by atoms with E-state index in [1.165, 1.54) is 24.3 Å². The van der Waals surface area contributed by atoms with Crippen molar-refractivity contribution in [3.63, 3.8) is 0 Å². The van der Waals surface area contributed by atoms with Gasteiger partial charge < -0.3 is 5.11 Å². The van der Waals surface area contributed by atoms with Crippen LogP contribution in [0.15, 0.2) is 30.3 Å². The number of aliphatic hydroxyl groups is 1. The number of hydrogen-bond donors (Lipinski definition) is 1. The fourth-order valence-electron chi connectivity index (χ4n) is 1.53. The van der Waals surface area contributed by atoms with Gasteiger partial charge in [0.2, 0.25) is 0 Å². The first-order chi connectivity index (χ1) is 8.97. The number of alkyl halides is 6. The lowest BCUT2D eigenvalue weighted by molar-refractivity contribution is -0.366. The third-order valence-corrected chi connectivity index (χ3v) is 2.64. The highest BCUT2D eigenvalue weighted by Crippen LogP contribution is 2.45. The molecule has 8 heteroatoms. The van der Waals surface area contributed by atoms with E-state index in [2.05, 4.69) is 0 Å². The molecule has 0 spiro atoms. The molecule has 112 valence electrons. The van der Waals surface area contributed by atoms with E-state index in [1.807, 2.05) is 0 Å². The maximum atomic E-state index is 12.4. The highest BCUT2D eigenvalue weighted by Gasteiger charge is 2.70. The van der Waals surface area contributed by atoms with Gasteiger partial charge in [0.05, 0.1) is 6.42 Å². The molecule has 1 aromatic rings. The van der Waals surface area contributed by atoms with Crippen LogP contribution < -0.4 is 0 Å². The van der Waals surface area contributed by atoms with Crippen molar-refractivity contribution in [1.29, 1.82) is 0 Å². The summed E-state index contributed by atoms with van der Waals surface area (Å²) < 4.78 is 74.3. The highest BCUT2D eigenvalue weighted by atomic mass is 19.4. The fourth-order valence-corrected chi connectivity index (χ4v) is 1.53. The number of benzene rings is 1. The van der Waals surface area contributed by atoms with Gasteiger partial charge in [-0.1, -0.05) is 30.3 Å².